The molecule has 7 heteroatoms. The lowest BCUT2D eigenvalue weighted by Gasteiger charge is -2.09. The minimum atomic E-state index is -0.812. The van der Waals surface area contributed by atoms with E-state index in [1.165, 1.54) is 31.2 Å². The standard InChI is InChI=1S/C14H10BrF2NO3/c1-8-4-14(12(17)6-13(8)18(19)20)21-7-9-2-3-11(16)10(15)5-9/h2-6H,7H2,1H3. The van der Waals surface area contributed by atoms with Gasteiger partial charge in [0.1, 0.15) is 12.4 Å². The molecule has 0 fully saturated rings. The number of nitrogens with zero attached hydrogens (tertiary/aromatic N) is 1. The highest BCUT2D eigenvalue weighted by molar-refractivity contribution is 9.10. The third kappa shape index (κ3) is 3.55. The Morgan fingerprint density at radius 1 is 1.24 bits per heavy atom. The lowest BCUT2D eigenvalue weighted by atomic mass is 10.2. The van der Waals surface area contributed by atoms with Crippen LogP contribution in [-0.4, -0.2) is 4.92 Å². The monoisotopic (exact) mass is 357 g/mol. The fourth-order valence-electron chi connectivity index (χ4n) is 1.74. The van der Waals surface area contributed by atoms with Crippen LogP contribution < -0.4 is 4.74 Å². The van der Waals surface area contributed by atoms with E-state index in [0.29, 0.717) is 11.1 Å². The first-order valence-corrected chi connectivity index (χ1v) is 6.69. The summed E-state index contributed by atoms with van der Waals surface area (Å²) in [6.45, 7) is 1.52. The minimum Gasteiger partial charge on any atom is -0.486 e. The van der Waals surface area contributed by atoms with Crippen molar-refractivity contribution in [2.24, 2.45) is 0 Å². The first-order chi connectivity index (χ1) is 9.88. The quantitative estimate of drug-likeness (QED) is 0.596. The minimum absolute atomic E-state index is 0.0209. The number of nitro benzene ring substituents is 1. The Morgan fingerprint density at radius 2 is 1.95 bits per heavy atom. The van der Waals surface area contributed by atoms with Gasteiger partial charge in [-0.25, -0.2) is 8.78 Å². The molecule has 0 aromatic heterocycles. The predicted molar refractivity (Wildman–Crippen MR) is 76.2 cm³/mol. The molecule has 0 heterocycles. The number of ether oxygens (including phenoxy) is 1. The first-order valence-electron chi connectivity index (χ1n) is 5.89. The van der Waals surface area contributed by atoms with Crippen molar-refractivity contribution < 1.29 is 18.4 Å². The van der Waals surface area contributed by atoms with Crippen molar-refractivity contribution in [1.82, 2.24) is 0 Å². The third-order valence-electron chi connectivity index (χ3n) is 2.83. The first kappa shape index (κ1) is 15.4. The number of halogens is 3. The van der Waals surface area contributed by atoms with Crippen LogP contribution in [-0.2, 0) is 6.61 Å². The van der Waals surface area contributed by atoms with Crippen LogP contribution in [0.5, 0.6) is 5.75 Å². The summed E-state index contributed by atoms with van der Waals surface area (Å²) in [5.74, 6) is -1.30. The molecular weight excluding hydrogens is 348 g/mol. The largest absolute Gasteiger partial charge is 0.486 e. The second-order valence-electron chi connectivity index (χ2n) is 4.36. The Balaban J connectivity index is 2.18. The van der Waals surface area contributed by atoms with Gasteiger partial charge < -0.3 is 4.74 Å². The number of hydrogen-bond donors (Lipinski definition) is 0. The summed E-state index contributed by atoms with van der Waals surface area (Å²) >= 11 is 3.04. The van der Waals surface area contributed by atoms with Crippen LogP contribution in [0, 0.1) is 28.7 Å². The molecule has 0 aliphatic heterocycles. The molecule has 2 aromatic rings. The highest BCUT2D eigenvalue weighted by Gasteiger charge is 2.16. The van der Waals surface area contributed by atoms with Gasteiger partial charge in [-0.3, -0.25) is 10.1 Å². The lowest BCUT2D eigenvalue weighted by Crippen LogP contribution is -2.00. The van der Waals surface area contributed by atoms with Gasteiger partial charge in [0.15, 0.2) is 11.6 Å². The van der Waals surface area contributed by atoms with E-state index < -0.39 is 16.6 Å². The Kier molecular flexibility index (Phi) is 4.52. The second-order valence-corrected chi connectivity index (χ2v) is 5.22. The van der Waals surface area contributed by atoms with Gasteiger partial charge in [0.05, 0.1) is 15.5 Å². The number of nitro groups is 1. The average molecular weight is 358 g/mol. The topological polar surface area (TPSA) is 52.4 Å². The summed E-state index contributed by atoms with van der Waals surface area (Å²) in [4.78, 5) is 10.0. The fraction of sp³-hybridized carbons (Fsp3) is 0.143. The normalized spacial score (nSPS) is 10.5. The summed E-state index contributed by atoms with van der Waals surface area (Å²) in [6, 6.07) is 6.39. The zero-order chi connectivity index (χ0) is 15.6. The molecule has 0 aliphatic carbocycles. The van der Waals surface area contributed by atoms with Crippen molar-refractivity contribution in [1.29, 1.82) is 0 Å². The SMILES string of the molecule is Cc1cc(OCc2ccc(F)c(Br)c2)c(F)cc1[N+](=O)[O-]. The molecule has 2 aromatic carbocycles. The molecule has 4 nitrogen and oxygen atoms in total. The van der Waals surface area contributed by atoms with Crippen molar-refractivity contribution in [3.63, 3.8) is 0 Å². The Hall–Kier alpha value is -2.02. The van der Waals surface area contributed by atoms with Crippen LogP contribution >= 0.6 is 15.9 Å². The van der Waals surface area contributed by atoms with Crippen LogP contribution in [0.15, 0.2) is 34.8 Å². The molecule has 110 valence electrons. The van der Waals surface area contributed by atoms with Crippen LogP contribution in [0.3, 0.4) is 0 Å². The van der Waals surface area contributed by atoms with Gasteiger partial charge in [0.25, 0.3) is 5.69 Å². The molecule has 21 heavy (non-hydrogen) atoms. The molecule has 0 spiro atoms. The van der Waals surface area contributed by atoms with E-state index in [0.717, 1.165) is 6.07 Å². The molecular formula is C14H10BrF2NO3. The van der Waals surface area contributed by atoms with E-state index in [9.17, 15) is 18.9 Å². The molecule has 0 bridgehead atoms. The van der Waals surface area contributed by atoms with Crippen molar-refractivity contribution in [3.05, 3.63) is 67.7 Å². The van der Waals surface area contributed by atoms with Crippen LogP contribution in [0.1, 0.15) is 11.1 Å². The van der Waals surface area contributed by atoms with Crippen molar-refractivity contribution in [2.75, 3.05) is 0 Å². The zero-order valence-corrected chi connectivity index (χ0v) is 12.5. The summed E-state index contributed by atoms with van der Waals surface area (Å²) in [5.41, 5.74) is 0.639. The molecule has 0 unspecified atom stereocenters. The molecule has 0 N–H and O–H groups in total. The van der Waals surface area contributed by atoms with Crippen molar-refractivity contribution in [2.45, 2.75) is 13.5 Å². The van der Waals surface area contributed by atoms with Crippen molar-refractivity contribution >= 4 is 21.6 Å². The van der Waals surface area contributed by atoms with Gasteiger partial charge in [-0.15, -0.1) is 0 Å². The molecule has 0 radical (unpaired) electrons. The van der Waals surface area contributed by atoms with Gasteiger partial charge in [-0.2, -0.15) is 0 Å². The Labute approximate surface area is 127 Å². The highest BCUT2D eigenvalue weighted by Crippen LogP contribution is 2.28. The summed E-state index contributed by atoms with van der Waals surface area (Å²) in [7, 11) is 0. The second kappa shape index (κ2) is 6.17. The molecule has 0 amide bonds. The predicted octanol–water partition coefficient (Wildman–Crippen LogP) is 4.52. The van der Waals surface area contributed by atoms with Gasteiger partial charge in [-0.1, -0.05) is 6.07 Å². The average Bonchev–Trinajstić information content (AvgIpc) is 2.42. The summed E-state index contributed by atoms with van der Waals surface area (Å²) in [5, 5.41) is 10.7. The maximum Gasteiger partial charge on any atom is 0.275 e. The maximum absolute atomic E-state index is 13.7. The van der Waals surface area contributed by atoms with Crippen LogP contribution in [0.25, 0.3) is 0 Å². The summed E-state index contributed by atoms with van der Waals surface area (Å²) in [6.07, 6.45) is 0. The number of benzene rings is 2. The van der Waals surface area contributed by atoms with E-state index in [2.05, 4.69) is 15.9 Å². The number of rotatable bonds is 4. The number of hydrogen-bond acceptors (Lipinski definition) is 3. The molecule has 2 rings (SSSR count). The maximum atomic E-state index is 13.7. The van der Waals surface area contributed by atoms with Gasteiger partial charge in [0.2, 0.25) is 0 Å². The fourth-order valence-corrected chi connectivity index (χ4v) is 2.17. The third-order valence-corrected chi connectivity index (χ3v) is 3.43. The molecule has 0 saturated heterocycles. The van der Waals surface area contributed by atoms with Gasteiger partial charge in [0, 0.05) is 5.56 Å². The van der Waals surface area contributed by atoms with E-state index in [4.69, 9.17) is 4.74 Å². The van der Waals surface area contributed by atoms with E-state index in [1.807, 2.05) is 0 Å². The smallest absolute Gasteiger partial charge is 0.275 e. The lowest BCUT2D eigenvalue weighted by molar-refractivity contribution is -0.385. The number of aryl methyl sites for hydroxylation is 1. The summed E-state index contributed by atoms with van der Waals surface area (Å²) < 4.78 is 32.4. The van der Waals surface area contributed by atoms with Crippen molar-refractivity contribution in [3.8, 4) is 5.75 Å². The Bertz CT molecular complexity index is 707. The van der Waals surface area contributed by atoms with Crippen LogP contribution in [0.2, 0.25) is 0 Å². The Morgan fingerprint density at radius 3 is 2.57 bits per heavy atom. The molecule has 0 saturated carbocycles. The zero-order valence-electron chi connectivity index (χ0n) is 10.9. The highest BCUT2D eigenvalue weighted by atomic mass is 79.9. The van der Waals surface area contributed by atoms with E-state index in [-0.39, 0.29) is 22.5 Å². The van der Waals surface area contributed by atoms with E-state index in [1.54, 1.807) is 0 Å². The van der Waals surface area contributed by atoms with Gasteiger partial charge >= 0.3 is 0 Å². The molecule has 0 atom stereocenters. The van der Waals surface area contributed by atoms with E-state index >= 15 is 0 Å². The van der Waals surface area contributed by atoms with Crippen LogP contribution in [0.4, 0.5) is 14.5 Å². The van der Waals surface area contributed by atoms with Gasteiger partial charge in [-0.05, 0) is 46.6 Å². The molecule has 0 aliphatic rings.